The minimum atomic E-state index is 0.0667. The average molecular weight is 265 g/mol. The quantitative estimate of drug-likeness (QED) is 0.923. The molecule has 0 bridgehead atoms. The number of fused-ring (bicyclic) bond motifs is 1. The Morgan fingerprint density at radius 2 is 2.30 bits per heavy atom. The van der Waals surface area contributed by atoms with Crippen LogP contribution in [0.1, 0.15) is 23.7 Å². The van der Waals surface area contributed by atoms with Crippen LogP contribution in [0.15, 0.2) is 42.6 Å². The fourth-order valence-electron chi connectivity index (χ4n) is 2.55. The second-order valence-corrected chi connectivity index (χ2v) is 4.76. The van der Waals surface area contributed by atoms with Crippen LogP contribution in [0.5, 0.6) is 5.75 Å². The molecule has 100 valence electrons. The third-order valence-electron chi connectivity index (χ3n) is 3.44. The van der Waals surface area contributed by atoms with E-state index >= 15 is 0 Å². The Morgan fingerprint density at radius 3 is 3.20 bits per heavy atom. The van der Waals surface area contributed by atoms with Crippen molar-refractivity contribution in [2.45, 2.75) is 18.9 Å². The normalized spacial score (nSPS) is 16.2. The van der Waals surface area contributed by atoms with Gasteiger partial charge < -0.3 is 10.1 Å². The number of pyridine rings is 1. The molecule has 0 fully saturated rings. The van der Waals surface area contributed by atoms with Crippen LogP contribution in [0.25, 0.3) is 0 Å². The van der Waals surface area contributed by atoms with Gasteiger partial charge in [-0.15, -0.1) is 0 Å². The van der Waals surface area contributed by atoms with Gasteiger partial charge in [0.1, 0.15) is 11.8 Å². The molecule has 0 saturated carbocycles. The first-order valence-electron chi connectivity index (χ1n) is 6.67. The Morgan fingerprint density at radius 1 is 1.35 bits per heavy atom. The molecular formula is C16H15N3O. The number of benzene rings is 1. The van der Waals surface area contributed by atoms with Crippen molar-refractivity contribution in [3.8, 4) is 11.8 Å². The highest BCUT2D eigenvalue weighted by Gasteiger charge is 2.23. The lowest BCUT2D eigenvalue weighted by Crippen LogP contribution is -2.08. The number of hydrogen-bond acceptors (Lipinski definition) is 4. The van der Waals surface area contributed by atoms with Crippen molar-refractivity contribution in [1.82, 2.24) is 4.98 Å². The van der Waals surface area contributed by atoms with Crippen molar-refractivity contribution in [3.63, 3.8) is 0 Å². The molecule has 1 aromatic carbocycles. The van der Waals surface area contributed by atoms with Crippen molar-refractivity contribution in [2.75, 3.05) is 11.9 Å². The van der Waals surface area contributed by atoms with E-state index in [1.54, 1.807) is 0 Å². The van der Waals surface area contributed by atoms with Gasteiger partial charge in [-0.3, -0.25) is 4.98 Å². The molecule has 4 nitrogen and oxygen atoms in total. The maximum absolute atomic E-state index is 8.54. The lowest BCUT2D eigenvalue weighted by Gasteiger charge is -2.15. The Balaban J connectivity index is 1.74. The molecule has 0 saturated heterocycles. The molecule has 3 rings (SSSR count). The first-order chi connectivity index (χ1) is 9.86. The molecule has 1 atom stereocenters. The second-order valence-electron chi connectivity index (χ2n) is 4.76. The summed E-state index contributed by atoms with van der Waals surface area (Å²) >= 11 is 0. The SMILES string of the molecule is N#CCOc1cccc(NC2CCc3cccnc32)c1. The molecule has 0 amide bonds. The first kappa shape index (κ1) is 12.5. The van der Waals surface area contributed by atoms with Crippen molar-refractivity contribution in [2.24, 2.45) is 0 Å². The summed E-state index contributed by atoms with van der Waals surface area (Å²) < 4.78 is 5.31. The Hall–Kier alpha value is -2.54. The number of aryl methyl sites for hydroxylation is 1. The first-order valence-corrected chi connectivity index (χ1v) is 6.67. The number of nitrogens with one attached hydrogen (secondary N) is 1. The highest BCUT2D eigenvalue weighted by atomic mass is 16.5. The maximum atomic E-state index is 8.54. The van der Waals surface area contributed by atoms with E-state index in [4.69, 9.17) is 10.00 Å². The van der Waals surface area contributed by atoms with Gasteiger partial charge in [0, 0.05) is 18.0 Å². The van der Waals surface area contributed by atoms with Gasteiger partial charge in [0.2, 0.25) is 0 Å². The van der Waals surface area contributed by atoms with Gasteiger partial charge >= 0.3 is 0 Å². The van der Waals surface area contributed by atoms with E-state index in [1.807, 2.05) is 42.6 Å². The zero-order valence-corrected chi connectivity index (χ0v) is 11.0. The largest absolute Gasteiger partial charge is 0.479 e. The second kappa shape index (κ2) is 5.62. The number of aromatic nitrogens is 1. The van der Waals surface area contributed by atoms with Crippen LogP contribution in [0.4, 0.5) is 5.69 Å². The van der Waals surface area contributed by atoms with E-state index in [9.17, 15) is 0 Å². The standard InChI is InChI=1S/C16H15N3O/c17-8-10-20-14-5-1-4-13(11-14)19-15-7-6-12-3-2-9-18-16(12)15/h1-5,9,11,15,19H,6-7,10H2. The Kier molecular flexibility index (Phi) is 3.51. The molecule has 0 spiro atoms. The summed E-state index contributed by atoms with van der Waals surface area (Å²) in [5.41, 5.74) is 3.45. The van der Waals surface area contributed by atoms with Crippen LogP contribution < -0.4 is 10.1 Å². The van der Waals surface area contributed by atoms with Crippen LogP contribution in [0, 0.1) is 11.3 Å². The maximum Gasteiger partial charge on any atom is 0.174 e. The van der Waals surface area contributed by atoms with Crippen LogP contribution in [-0.4, -0.2) is 11.6 Å². The van der Waals surface area contributed by atoms with Crippen LogP contribution in [0.2, 0.25) is 0 Å². The number of rotatable bonds is 4. The summed E-state index contributed by atoms with van der Waals surface area (Å²) in [5, 5.41) is 12.0. The lowest BCUT2D eigenvalue weighted by atomic mass is 10.2. The summed E-state index contributed by atoms with van der Waals surface area (Å²) in [6, 6.07) is 14.0. The van der Waals surface area contributed by atoms with Crippen molar-refractivity contribution >= 4 is 5.69 Å². The molecule has 2 aromatic rings. The molecule has 20 heavy (non-hydrogen) atoms. The molecule has 1 aliphatic carbocycles. The monoisotopic (exact) mass is 265 g/mol. The summed E-state index contributed by atoms with van der Waals surface area (Å²) in [6.07, 6.45) is 3.95. The molecular weight excluding hydrogens is 250 g/mol. The highest BCUT2D eigenvalue weighted by Crippen LogP contribution is 2.32. The molecule has 0 radical (unpaired) electrons. The zero-order chi connectivity index (χ0) is 13.8. The van der Waals surface area contributed by atoms with E-state index in [-0.39, 0.29) is 12.6 Å². The van der Waals surface area contributed by atoms with Crippen molar-refractivity contribution < 1.29 is 4.74 Å². The number of nitriles is 1. The molecule has 0 aliphatic heterocycles. The minimum Gasteiger partial charge on any atom is -0.479 e. The van der Waals surface area contributed by atoms with E-state index in [0.29, 0.717) is 5.75 Å². The molecule has 1 heterocycles. The van der Waals surface area contributed by atoms with Gasteiger partial charge in [-0.25, -0.2) is 0 Å². The van der Waals surface area contributed by atoms with Gasteiger partial charge in [-0.05, 0) is 36.6 Å². The Labute approximate surface area is 118 Å². The number of ether oxygens (including phenoxy) is 1. The summed E-state index contributed by atoms with van der Waals surface area (Å²) in [5.74, 6) is 0.704. The predicted octanol–water partition coefficient (Wildman–Crippen LogP) is 3.08. The van der Waals surface area contributed by atoms with Crippen molar-refractivity contribution in [1.29, 1.82) is 5.26 Å². The highest BCUT2D eigenvalue weighted by molar-refractivity contribution is 5.50. The van der Waals surface area contributed by atoms with Crippen LogP contribution in [0.3, 0.4) is 0 Å². The van der Waals surface area contributed by atoms with Gasteiger partial charge in [0.05, 0.1) is 11.7 Å². The van der Waals surface area contributed by atoms with E-state index in [2.05, 4.69) is 16.4 Å². The van der Waals surface area contributed by atoms with Gasteiger partial charge in [-0.2, -0.15) is 5.26 Å². The number of anilines is 1. The molecule has 1 N–H and O–H groups in total. The Bertz CT molecular complexity index is 648. The number of hydrogen-bond donors (Lipinski definition) is 1. The van der Waals surface area contributed by atoms with Gasteiger partial charge in [0.15, 0.2) is 6.61 Å². The minimum absolute atomic E-state index is 0.0667. The van der Waals surface area contributed by atoms with E-state index in [1.165, 1.54) is 5.56 Å². The zero-order valence-electron chi connectivity index (χ0n) is 11.0. The molecule has 1 aliphatic rings. The smallest absolute Gasteiger partial charge is 0.174 e. The summed E-state index contributed by atoms with van der Waals surface area (Å²) in [4.78, 5) is 4.47. The summed E-state index contributed by atoms with van der Waals surface area (Å²) in [6.45, 7) is 0.0667. The van der Waals surface area contributed by atoms with E-state index in [0.717, 1.165) is 24.2 Å². The van der Waals surface area contributed by atoms with Gasteiger partial charge in [0.25, 0.3) is 0 Å². The molecule has 4 heteroatoms. The fraction of sp³-hybridized carbons (Fsp3) is 0.250. The molecule has 1 aromatic heterocycles. The van der Waals surface area contributed by atoms with Crippen LogP contribution in [-0.2, 0) is 6.42 Å². The van der Waals surface area contributed by atoms with Gasteiger partial charge in [-0.1, -0.05) is 12.1 Å². The van der Waals surface area contributed by atoms with Crippen LogP contribution >= 0.6 is 0 Å². The fourth-order valence-corrected chi connectivity index (χ4v) is 2.55. The molecule has 1 unspecified atom stereocenters. The lowest BCUT2D eigenvalue weighted by molar-refractivity contribution is 0.368. The average Bonchev–Trinajstić information content (AvgIpc) is 2.89. The number of nitrogens with zero attached hydrogens (tertiary/aromatic N) is 2. The topological polar surface area (TPSA) is 57.9 Å². The predicted molar refractivity (Wildman–Crippen MR) is 76.5 cm³/mol. The third-order valence-corrected chi connectivity index (χ3v) is 3.44. The third kappa shape index (κ3) is 2.57. The van der Waals surface area contributed by atoms with Crippen molar-refractivity contribution in [3.05, 3.63) is 53.9 Å². The summed E-state index contributed by atoms with van der Waals surface area (Å²) in [7, 11) is 0. The van der Waals surface area contributed by atoms with E-state index < -0.39 is 0 Å².